The van der Waals surface area contributed by atoms with Gasteiger partial charge in [0.2, 0.25) is 10.9 Å². The molecule has 0 bridgehead atoms. The van der Waals surface area contributed by atoms with Crippen LogP contribution < -0.4 is 31.3 Å². The number of aryl methyl sites for hydroxylation is 2. The molecule has 0 aliphatic carbocycles. The van der Waals surface area contributed by atoms with Crippen LogP contribution in [0.4, 0.5) is 54.2 Å². The minimum absolute atomic E-state index is 0.317. The molecule has 2 saturated heterocycles. The van der Waals surface area contributed by atoms with Crippen molar-refractivity contribution >= 4 is 50.9 Å². The summed E-state index contributed by atoms with van der Waals surface area (Å²) >= 11 is 0. The molecule has 2 N–H and O–H groups in total. The summed E-state index contributed by atoms with van der Waals surface area (Å²) in [4.78, 5) is 47.1. The van der Waals surface area contributed by atoms with Crippen LogP contribution in [0.25, 0.3) is 33.3 Å². The monoisotopic (exact) mass is 774 g/mol. The quantitative estimate of drug-likeness (QED) is 0.212. The Morgan fingerprint density at radius 1 is 0.709 bits per heavy atom. The van der Waals surface area contributed by atoms with E-state index in [2.05, 4.69) is 20.8 Å². The molecular formula is C35H36F6N10O4. The van der Waals surface area contributed by atoms with Gasteiger partial charge in [-0.05, 0) is 26.2 Å². The van der Waals surface area contributed by atoms with Crippen LogP contribution in [0.2, 0.25) is 0 Å². The van der Waals surface area contributed by atoms with Crippen molar-refractivity contribution in [2.75, 3.05) is 100 Å². The number of amides is 2. The van der Waals surface area contributed by atoms with Gasteiger partial charge in [-0.2, -0.15) is 0 Å². The SMILES string of the molecule is CN1CCN(c2c(F)cc3c(=O)c(NC(=O)Nc4nnc(-c5cn(CCF)c6c(F)c(N7CCN(C)CC7)c(F)cc6c5=O)o4)cn(CCF)c3c2F)CC1. The maximum Gasteiger partial charge on any atom is 0.327 e. The molecule has 0 atom stereocenters. The molecule has 5 heterocycles. The standard InChI is InChI=1S/C35H36F6N10O4/c1-46-7-11-48(12-8-46)29-22(38)15-19-27(25(29)40)50(5-3-36)17-21(31(19)52)33-44-45-35(55-33)43-34(54)42-24-18-51(6-4-37)28-20(32(24)53)16-23(39)30(26(28)41)49-13-9-47(2)10-14-49/h15-18H,3-14H2,1-2H3,(H2,42,43,45,54). The summed E-state index contributed by atoms with van der Waals surface area (Å²) in [5.41, 5.74) is -4.01. The summed E-state index contributed by atoms with van der Waals surface area (Å²) < 4.78 is 97.7. The van der Waals surface area contributed by atoms with Crippen LogP contribution in [0.5, 0.6) is 0 Å². The average Bonchev–Trinajstić information content (AvgIpc) is 3.60. The zero-order valence-corrected chi connectivity index (χ0v) is 29.8. The molecular weight excluding hydrogens is 738 g/mol. The molecule has 55 heavy (non-hydrogen) atoms. The number of piperazine rings is 2. The van der Waals surface area contributed by atoms with Gasteiger partial charge >= 0.3 is 12.0 Å². The number of fused-ring (bicyclic) bond motifs is 2. The van der Waals surface area contributed by atoms with Crippen LogP contribution >= 0.6 is 0 Å². The van der Waals surface area contributed by atoms with E-state index in [0.717, 1.165) is 33.7 Å². The highest BCUT2D eigenvalue weighted by Crippen LogP contribution is 2.33. The highest BCUT2D eigenvalue weighted by molar-refractivity contribution is 6.00. The fourth-order valence-electron chi connectivity index (χ4n) is 7.00. The highest BCUT2D eigenvalue weighted by Gasteiger charge is 2.29. The van der Waals surface area contributed by atoms with Gasteiger partial charge < -0.3 is 38.5 Å². The van der Waals surface area contributed by atoms with E-state index < -0.39 is 95.0 Å². The number of nitrogens with one attached hydrogen (secondary N) is 2. The molecule has 0 unspecified atom stereocenters. The highest BCUT2D eigenvalue weighted by atomic mass is 19.2. The number of alkyl halides is 2. The van der Waals surface area contributed by atoms with Crippen LogP contribution in [0.15, 0.2) is 38.5 Å². The van der Waals surface area contributed by atoms with E-state index in [1.54, 1.807) is 0 Å². The van der Waals surface area contributed by atoms with E-state index in [1.807, 2.05) is 23.9 Å². The first-order valence-electron chi connectivity index (χ1n) is 17.4. The van der Waals surface area contributed by atoms with Crippen molar-refractivity contribution in [1.82, 2.24) is 29.1 Å². The Hall–Kier alpha value is -5.63. The molecule has 7 rings (SSSR count). The molecule has 2 aromatic carbocycles. The summed E-state index contributed by atoms with van der Waals surface area (Å²) in [6, 6.07) is -0.00598. The molecule has 2 aliphatic rings. The molecule has 5 aromatic rings. The van der Waals surface area contributed by atoms with Crippen molar-refractivity contribution in [2.45, 2.75) is 13.1 Å². The van der Waals surface area contributed by atoms with Crippen molar-refractivity contribution in [3.8, 4) is 11.5 Å². The third-order valence-electron chi connectivity index (χ3n) is 9.87. The van der Waals surface area contributed by atoms with E-state index in [-0.39, 0.29) is 28.0 Å². The van der Waals surface area contributed by atoms with Gasteiger partial charge in [0, 0.05) is 64.8 Å². The predicted octanol–water partition coefficient (Wildman–Crippen LogP) is 4.01. The lowest BCUT2D eigenvalue weighted by Gasteiger charge is -2.34. The predicted molar refractivity (Wildman–Crippen MR) is 194 cm³/mol. The number of nitrogens with zero attached hydrogens (tertiary/aromatic N) is 8. The first kappa shape index (κ1) is 37.7. The van der Waals surface area contributed by atoms with Gasteiger partial charge in [-0.15, -0.1) is 5.10 Å². The molecule has 0 saturated carbocycles. The maximum atomic E-state index is 16.0. The molecule has 20 heteroatoms. The number of benzene rings is 2. The zero-order valence-electron chi connectivity index (χ0n) is 29.8. The minimum atomic E-state index is -1.14. The summed E-state index contributed by atoms with van der Waals surface area (Å²) in [6.07, 6.45) is 2.11. The Kier molecular flexibility index (Phi) is 10.4. The number of likely N-dealkylation sites (N-methyl/N-ethyl adjacent to an activating group) is 2. The number of hydrogen-bond donors (Lipinski definition) is 2. The number of pyridine rings is 2. The van der Waals surface area contributed by atoms with Crippen LogP contribution in [0.3, 0.4) is 0 Å². The number of carbonyl (C=O) groups is 1. The van der Waals surface area contributed by atoms with Gasteiger partial charge in [0.1, 0.15) is 47.6 Å². The molecule has 14 nitrogen and oxygen atoms in total. The van der Waals surface area contributed by atoms with Crippen molar-refractivity contribution in [1.29, 1.82) is 0 Å². The van der Waals surface area contributed by atoms with E-state index in [1.165, 1.54) is 9.80 Å². The fraction of sp³-hybridized carbons (Fsp3) is 0.400. The number of halogens is 6. The van der Waals surface area contributed by atoms with Crippen molar-refractivity contribution in [3.05, 3.63) is 68.2 Å². The number of rotatable bonds is 9. The molecule has 0 radical (unpaired) electrons. The van der Waals surface area contributed by atoms with E-state index in [9.17, 15) is 23.2 Å². The normalized spacial score (nSPS) is 15.7. The lowest BCUT2D eigenvalue weighted by Crippen LogP contribution is -2.45. The Bertz CT molecular complexity index is 2400. The van der Waals surface area contributed by atoms with Crippen molar-refractivity contribution in [2.24, 2.45) is 0 Å². The third kappa shape index (κ3) is 7.06. The Labute approximate surface area is 308 Å². The van der Waals surface area contributed by atoms with Crippen LogP contribution in [0, 0.1) is 23.3 Å². The average molecular weight is 775 g/mol. The van der Waals surface area contributed by atoms with Gasteiger partial charge in [0.25, 0.3) is 5.89 Å². The molecule has 2 amide bonds. The summed E-state index contributed by atoms with van der Waals surface area (Å²) in [5, 5.41) is 11.0. The van der Waals surface area contributed by atoms with Gasteiger partial charge in [0.15, 0.2) is 11.6 Å². The van der Waals surface area contributed by atoms with Crippen LogP contribution in [0.1, 0.15) is 0 Å². The van der Waals surface area contributed by atoms with E-state index in [4.69, 9.17) is 4.42 Å². The minimum Gasteiger partial charge on any atom is -0.403 e. The lowest BCUT2D eigenvalue weighted by molar-refractivity contribution is 0.261. The Morgan fingerprint density at radius 2 is 1.20 bits per heavy atom. The summed E-state index contributed by atoms with van der Waals surface area (Å²) in [7, 11) is 3.75. The van der Waals surface area contributed by atoms with Crippen molar-refractivity contribution in [3.63, 3.8) is 0 Å². The largest absolute Gasteiger partial charge is 0.403 e. The molecule has 2 fully saturated rings. The van der Waals surface area contributed by atoms with E-state index in [0.29, 0.717) is 52.4 Å². The fourth-order valence-corrected chi connectivity index (χ4v) is 7.00. The second-order valence-electron chi connectivity index (χ2n) is 13.4. The van der Waals surface area contributed by atoms with Crippen LogP contribution in [-0.4, -0.2) is 115 Å². The molecule has 2 aliphatic heterocycles. The Morgan fingerprint density at radius 3 is 1.71 bits per heavy atom. The first-order valence-corrected chi connectivity index (χ1v) is 17.4. The number of anilines is 4. The van der Waals surface area contributed by atoms with Gasteiger partial charge in [-0.25, -0.2) is 31.1 Å². The number of carbonyl (C=O) groups excluding carboxylic acids is 1. The Balaban J connectivity index is 1.17. The van der Waals surface area contributed by atoms with Gasteiger partial charge in [0.05, 0.1) is 34.9 Å². The van der Waals surface area contributed by atoms with Gasteiger partial charge in [-0.3, -0.25) is 14.9 Å². The van der Waals surface area contributed by atoms with E-state index >= 15 is 17.6 Å². The third-order valence-corrected chi connectivity index (χ3v) is 9.87. The maximum absolute atomic E-state index is 16.0. The van der Waals surface area contributed by atoms with Gasteiger partial charge in [-0.1, -0.05) is 5.10 Å². The van der Waals surface area contributed by atoms with Crippen LogP contribution in [-0.2, 0) is 13.1 Å². The number of hydrogen-bond acceptors (Lipinski definition) is 10. The molecule has 292 valence electrons. The van der Waals surface area contributed by atoms with Crippen molar-refractivity contribution < 1.29 is 35.6 Å². The topological polar surface area (TPSA) is 137 Å². The second kappa shape index (κ2) is 15.2. The summed E-state index contributed by atoms with van der Waals surface area (Å²) in [6.45, 7) is 0.722. The number of aromatic nitrogens is 4. The zero-order chi connectivity index (χ0) is 39.1. The number of urea groups is 1. The smallest absolute Gasteiger partial charge is 0.327 e. The molecule has 0 spiro atoms. The second-order valence-corrected chi connectivity index (χ2v) is 13.4. The molecule has 3 aromatic heterocycles. The summed E-state index contributed by atoms with van der Waals surface area (Å²) in [5.74, 6) is -4.54. The lowest BCUT2D eigenvalue weighted by atomic mass is 10.1. The first-order chi connectivity index (χ1) is 26.4.